The summed E-state index contributed by atoms with van der Waals surface area (Å²) in [5.74, 6) is 1.17. The molecule has 1 unspecified atom stereocenters. The average molecular weight is 891 g/mol. The van der Waals surface area contributed by atoms with Crippen LogP contribution < -0.4 is 10.6 Å². The predicted molar refractivity (Wildman–Crippen MR) is 247 cm³/mol. The number of rotatable bonds is 10. The van der Waals surface area contributed by atoms with Gasteiger partial charge in [-0.15, -0.1) is 0 Å². The lowest BCUT2D eigenvalue weighted by Crippen LogP contribution is -2.53. The molecular weight excluding hydrogens is 837 g/mol. The molecule has 4 N–H and O–H groups in total. The number of hydrogen-bond donors (Lipinski definition) is 4. The summed E-state index contributed by atoms with van der Waals surface area (Å²) in [5, 5.41) is 7.79. The maximum atomic E-state index is 14.1. The average Bonchev–Trinajstić information content (AvgIpc) is 4.21. The van der Waals surface area contributed by atoms with E-state index < -0.39 is 24.3 Å². The maximum absolute atomic E-state index is 14.1. The zero-order valence-corrected chi connectivity index (χ0v) is 37.2. The summed E-state index contributed by atoms with van der Waals surface area (Å²) >= 11 is 0. The van der Waals surface area contributed by atoms with Gasteiger partial charge >= 0.3 is 12.2 Å². The number of imidazole rings is 2. The molecule has 4 aliphatic rings. The number of carbonyl (C=O) groups excluding carboxylic acids is 4. The highest BCUT2D eigenvalue weighted by molar-refractivity contribution is 5.91. The number of benzene rings is 4. The van der Waals surface area contributed by atoms with Gasteiger partial charge < -0.3 is 44.6 Å². The van der Waals surface area contributed by atoms with Gasteiger partial charge in [0, 0.05) is 37.4 Å². The van der Waals surface area contributed by atoms with Crippen LogP contribution in [0.1, 0.15) is 85.1 Å². The van der Waals surface area contributed by atoms with E-state index in [0.29, 0.717) is 44.7 Å². The Morgan fingerprint density at radius 2 is 1.36 bits per heavy atom. The van der Waals surface area contributed by atoms with Gasteiger partial charge in [0.25, 0.3) is 5.91 Å². The molecule has 4 amide bonds. The summed E-state index contributed by atoms with van der Waals surface area (Å²) in [6.07, 6.45) is 6.82. The molecule has 4 aromatic carbocycles. The van der Waals surface area contributed by atoms with E-state index in [1.165, 1.54) is 19.8 Å². The van der Waals surface area contributed by atoms with E-state index in [4.69, 9.17) is 24.2 Å². The van der Waals surface area contributed by atoms with Crippen molar-refractivity contribution in [2.45, 2.75) is 75.5 Å². The van der Waals surface area contributed by atoms with Crippen LogP contribution in [0.2, 0.25) is 0 Å². The van der Waals surface area contributed by atoms with Crippen molar-refractivity contribution in [1.29, 1.82) is 0 Å². The SMILES string of the molecule is COC(=O)NC(C(=O)N1CCC[C@H]1c1ncc(-c2ccc3cc(-c4ccc5c(c4)CCc4nc([C@@H]6CCCN6C(=O)[C@H](NC(=O)OC)c6ccccc6)[nH]c4-5)ccc3c2)[nH]1)C1CCOCC1. The lowest BCUT2D eigenvalue weighted by Gasteiger charge is -2.34. The van der Waals surface area contributed by atoms with E-state index in [9.17, 15) is 19.2 Å². The third kappa shape index (κ3) is 8.39. The fourth-order valence-corrected chi connectivity index (χ4v) is 10.4. The fraction of sp³-hybridized carbons (Fsp3) is 0.373. The number of likely N-dealkylation sites (tertiary alicyclic amines) is 2. The van der Waals surface area contributed by atoms with Crippen LogP contribution in [-0.2, 0) is 36.6 Å². The third-order valence-electron chi connectivity index (χ3n) is 13.9. The van der Waals surface area contributed by atoms with Crippen molar-refractivity contribution < 1.29 is 33.4 Å². The first-order chi connectivity index (χ1) is 32.3. The zero-order valence-electron chi connectivity index (χ0n) is 37.2. The van der Waals surface area contributed by atoms with Gasteiger partial charge in [0.1, 0.15) is 23.7 Å². The number of amides is 4. The van der Waals surface area contributed by atoms with Crippen LogP contribution in [0.15, 0.2) is 91.1 Å². The van der Waals surface area contributed by atoms with E-state index in [1.54, 1.807) is 0 Å². The van der Waals surface area contributed by atoms with Gasteiger partial charge in [0.2, 0.25) is 5.91 Å². The molecule has 5 heterocycles. The molecule has 10 rings (SSSR count). The quantitative estimate of drug-likeness (QED) is 0.106. The molecule has 15 heteroatoms. The lowest BCUT2D eigenvalue weighted by atomic mass is 9.89. The second-order valence-corrected chi connectivity index (χ2v) is 17.7. The molecule has 3 saturated heterocycles. The standard InChI is InChI=1S/C51H54N8O7/c1-64-50(62)56-43(30-8-4-3-5-9-30)48(60)59-23-7-11-42(59)47-53-39-19-17-36-27-35(16-18-38(36)45(39)55-47)32-12-13-34-28-37(15-14-33(34)26-32)40-29-52-46(54-40)41-10-6-22-58(41)49(61)44(57-51(63)65-2)31-20-24-66-25-21-31/h3-5,8-9,12-16,18,26-29,31,41-44H,6-7,10-11,17,19-25H2,1-2H3,(H,52,54)(H,53,55)(H,56,62)(H,57,63)/t41-,42-,43+,44?/m0/s1. The molecule has 2 aromatic heterocycles. The third-order valence-corrected chi connectivity index (χ3v) is 13.9. The zero-order chi connectivity index (χ0) is 45.3. The van der Waals surface area contributed by atoms with Crippen molar-refractivity contribution in [3.8, 4) is 33.6 Å². The van der Waals surface area contributed by atoms with Crippen LogP contribution in [0.25, 0.3) is 44.4 Å². The molecule has 4 atom stereocenters. The van der Waals surface area contributed by atoms with Crippen molar-refractivity contribution >= 4 is 34.8 Å². The summed E-state index contributed by atoms with van der Waals surface area (Å²) in [6.45, 7) is 2.28. The Morgan fingerprint density at radius 3 is 2.11 bits per heavy atom. The number of carbonyl (C=O) groups is 4. The molecule has 0 saturated carbocycles. The van der Waals surface area contributed by atoms with Gasteiger partial charge in [-0.25, -0.2) is 19.6 Å². The van der Waals surface area contributed by atoms with Crippen LogP contribution in [0.4, 0.5) is 9.59 Å². The molecule has 340 valence electrons. The van der Waals surface area contributed by atoms with Crippen LogP contribution >= 0.6 is 0 Å². The van der Waals surface area contributed by atoms with Gasteiger partial charge in [-0.2, -0.15) is 0 Å². The van der Waals surface area contributed by atoms with Gasteiger partial charge in [-0.1, -0.05) is 72.8 Å². The highest BCUT2D eigenvalue weighted by Crippen LogP contribution is 2.40. The highest BCUT2D eigenvalue weighted by atomic mass is 16.5. The summed E-state index contributed by atoms with van der Waals surface area (Å²) in [7, 11) is 2.61. The van der Waals surface area contributed by atoms with Crippen LogP contribution in [0.5, 0.6) is 0 Å². The number of aromatic amines is 2. The van der Waals surface area contributed by atoms with Crippen molar-refractivity contribution in [1.82, 2.24) is 40.4 Å². The summed E-state index contributed by atoms with van der Waals surface area (Å²) < 4.78 is 15.3. The van der Waals surface area contributed by atoms with Gasteiger partial charge in [-0.05, 0) is 102 Å². The molecule has 0 spiro atoms. The number of aromatic nitrogens is 4. The number of nitrogens with one attached hydrogen (secondary N) is 4. The van der Waals surface area contributed by atoms with Gasteiger partial charge in [0.05, 0.1) is 49.6 Å². The summed E-state index contributed by atoms with van der Waals surface area (Å²) in [6, 6.07) is 26.8. The van der Waals surface area contributed by atoms with E-state index in [0.717, 1.165) is 100 Å². The largest absolute Gasteiger partial charge is 0.453 e. The minimum absolute atomic E-state index is 0.0295. The molecule has 0 radical (unpaired) electrons. The lowest BCUT2D eigenvalue weighted by molar-refractivity contribution is -0.137. The van der Waals surface area contributed by atoms with Crippen molar-refractivity contribution in [3.63, 3.8) is 0 Å². The van der Waals surface area contributed by atoms with Crippen LogP contribution in [0.3, 0.4) is 0 Å². The van der Waals surface area contributed by atoms with Crippen LogP contribution in [0, 0.1) is 5.92 Å². The second kappa shape index (κ2) is 18.5. The molecule has 0 bridgehead atoms. The molecule has 6 aromatic rings. The normalized spacial score (nSPS) is 19.2. The number of H-pyrrole nitrogens is 2. The van der Waals surface area contributed by atoms with Gasteiger partial charge in [-0.3, -0.25) is 9.59 Å². The number of fused-ring (bicyclic) bond motifs is 4. The Labute approximate surface area is 382 Å². The number of alkyl carbamates (subject to hydrolysis) is 2. The predicted octanol–water partition coefficient (Wildman–Crippen LogP) is 7.96. The van der Waals surface area contributed by atoms with Gasteiger partial charge in [0.15, 0.2) is 0 Å². The second-order valence-electron chi connectivity index (χ2n) is 17.7. The first-order valence-electron chi connectivity index (χ1n) is 23.0. The van der Waals surface area contributed by atoms with Crippen molar-refractivity contribution in [3.05, 3.63) is 120 Å². The summed E-state index contributed by atoms with van der Waals surface area (Å²) in [4.78, 5) is 73.5. The Bertz CT molecular complexity index is 2780. The summed E-state index contributed by atoms with van der Waals surface area (Å²) in [5.41, 5.74) is 9.19. The first kappa shape index (κ1) is 42.9. The number of nitrogens with zero attached hydrogens (tertiary/aromatic N) is 4. The minimum atomic E-state index is -0.876. The molecule has 3 fully saturated rings. The monoisotopic (exact) mass is 890 g/mol. The van der Waals surface area contributed by atoms with E-state index in [-0.39, 0.29) is 29.8 Å². The Balaban J connectivity index is 0.841. The Kier molecular flexibility index (Phi) is 12.0. The molecular formula is C51H54N8O7. The van der Waals surface area contributed by atoms with E-state index in [2.05, 4.69) is 75.2 Å². The minimum Gasteiger partial charge on any atom is -0.453 e. The topological polar surface area (TPSA) is 184 Å². The fourth-order valence-electron chi connectivity index (χ4n) is 10.4. The Morgan fingerprint density at radius 1 is 0.712 bits per heavy atom. The number of hydrogen-bond acceptors (Lipinski definition) is 9. The van der Waals surface area contributed by atoms with E-state index in [1.807, 2.05) is 46.3 Å². The van der Waals surface area contributed by atoms with Crippen molar-refractivity contribution in [2.75, 3.05) is 40.5 Å². The maximum Gasteiger partial charge on any atom is 0.407 e. The Hall–Kier alpha value is -7.00. The van der Waals surface area contributed by atoms with E-state index >= 15 is 0 Å². The highest BCUT2D eigenvalue weighted by Gasteiger charge is 2.41. The molecule has 3 aliphatic heterocycles. The number of methoxy groups -OCH3 is 2. The molecule has 15 nitrogen and oxygen atoms in total. The first-order valence-corrected chi connectivity index (χ1v) is 23.0. The van der Waals surface area contributed by atoms with Crippen molar-refractivity contribution in [2.24, 2.45) is 5.92 Å². The smallest absolute Gasteiger partial charge is 0.407 e. The molecule has 66 heavy (non-hydrogen) atoms. The number of aryl methyl sites for hydroxylation is 2. The number of ether oxygens (including phenoxy) is 3. The van der Waals surface area contributed by atoms with Crippen LogP contribution in [-0.4, -0.2) is 100 Å². The molecule has 1 aliphatic carbocycles.